The molecule has 0 aliphatic rings. The summed E-state index contributed by atoms with van der Waals surface area (Å²) in [5.41, 5.74) is 0. The number of hydrogen-bond donors (Lipinski definition) is 4. The third kappa shape index (κ3) is 4.34. The average molecular weight is 207 g/mol. The topological polar surface area (TPSA) is 84.2 Å². The van der Waals surface area contributed by atoms with Crippen LogP contribution in [0.5, 0.6) is 0 Å². The summed E-state index contributed by atoms with van der Waals surface area (Å²) in [6.45, 7) is 1.94. The van der Waals surface area contributed by atoms with Crippen molar-refractivity contribution in [2.24, 2.45) is 0 Å². The number of nitrogens with zero attached hydrogens (tertiary/aromatic N) is 1. The van der Waals surface area contributed by atoms with E-state index in [1.807, 2.05) is 0 Å². The molecule has 0 radical (unpaired) electrons. The molecule has 0 bridgehead atoms. The van der Waals surface area contributed by atoms with Crippen LogP contribution in [0.4, 0.5) is 0 Å². The molecule has 0 aromatic heterocycles. The zero-order chi connectivity index (χ0) is 11.3. The molecule has 4 unspecified atom stereocenters. The van der Waals surface area contributed by atoms with E-state index >= 15 is 0 Å². The molecule has 0 aromatic carbocycles. The summed E-state index contributed by atoms with van der Waals surface area (Å²) in [7, 11) is 3.50. The van der Waals surface area contributed by atoms with Crippen LogP contribution < -0.4 is 0 Å². The molecule has 4 atom stereocenters. The zero-order valence-corrected chi connectivity index (χ0v) is 8.96. The van der Waals surface area contributed by atoms with E-state index in [4.69, 9.17) is 0 Å². The van der Waals surface area contributed by atoms with Crippen LogP contribution in [0.1, 0.15) is 13.3 Å². The summed E-state index contributed by atoms with van der Waals surface area (Å²) in [5.74, 6) is 0. The molecule has 0 aromatic rings. The highest BCUT2D eigenvalue weighted by molar-refractivity contribution is 4.81. The van der Waals surface area contributed by atoms with Gasteiger partial charge >= 0.3 is 0 Å². The second kappa shape index (κ2) is 6.31. The molecule has 0 aliphatic carbocycles. The molecule has 0 heterocycles. The quantitative estimate of drug-likeness (QED) is 0.422. The van der Waals surface area contributed by atoms with Crippen LogP contribution in [0.3, 0.4) is 0 Å². The smallest absolute Gasteiger partial charge is 0.109 e. The summed E-state index contributed by atoms with van der Waals surface area (Å²) >= 11 is 0. The number of hydrogen-bond acceptors (Lipinski definition) is 5. The van der Waals surface area contributed by atoms with E-state index in [-0.39, 0.29) is 6.54 Å². The van der Waals surface area contributed by atoms with Gasteiger partial charge in [-0.05, 0) is 20.5 Å². The second-order valence-electron chi connectivity index (χ2n) is 3.79. The van der Waals surface area contributed by atoms with Crippen molar-refractivity contribution in [3.63, 3.8) is 0 Å². The van der Waals surface area contributed by atoms with E-state index in [1.54, 1.807) is 25.9 Å². The molecule has 5 nitrogen and oxygen atoms in total. The maximum Gasteiger partial charge on any atom is 0.109 e. The molecule has 0 fully saturated rings. The zero-order valence-electron chi connectivity index (χ0n) is 8.96. The third-order valence-corrected chi connectivity index (χ3v) is 2.11. The van der Waals surface area contributed by atoms with E-state index in [0.29, 0.717) is 6.42 Å². The highest BCUT2D eigenvalue weighted by Gasteiger charge is 2.29. The van der Waals surface area contributed by atoms with Crippen LogP contribution in [0.25, 0.3) is 0 Å². The van der Waals surface area contributed by atoms with Gasteiger partial charge < -0.3 is 25.3 Å². The molecular formula is C9H21NO4. The van der Waals surface area contributed by atoms with Gasteiger partial charge in [0, 0.05) is 6.54 Å². The molecule has 0 saturated carbocycles. The fourth-order valence-corrected chi connectivity index (χ4v) is 1.18. The van der Waals surface area contributed by atoms with Gasteiger partial charge in [-0.15, -0.1) is 0 Å². The van der Waals surface area contributed by atoms with Gasteiger partial charge in [0.2, 0.25) is 0 Å². The Morgan fingerprint density at radius 3 is 1.71 bits per heavy atom. The second-order valence-corrected chi connectivity index (χ2v) is 3.79. The van der Waals surface area contributed by atoms with Crippen LogP contribution >= 0.6 is 0 Å². The van der Waals surface area contributed by atoms with Gasteiger partial charge in [0.25, 0.3) is 0 Å². The molecule has 0 aliphatic heterocycles. The molecule has 0 saturated heterocycles. The third-order valence-electron chi connectivity index (χ3n) is 2.11. The Hall–Kier alpha value is -0.200. The van der Waals surface area contributed by atoms with Crippen LogP contribution in [0, 0.1) is 0 Å². The number of likely N-dealkylation sites (N-methyl/N-ethyl adjacent to an activating group) is 1. The molecular weight excluding hydrogens is 186 g/mol. The first-order valence-electron chi connectivity index (χ1n) is 4.77. The summed E-state index contributed by atoms with van der Waals surface area (Å²) in [4.78, 5) is 1.69. The molecule has 5 heteroatoms. The van der Waals surface area contributed by atoms with Crippen LogP contribution in [0.15, 0.2) is 0 Å². The molecule has 0 amide bonds. The summed E-state index contributed by atoms with van der Waals surface area (Å²) < 4.78 is 0. The van der Waals surface area contributed by atoms with Gasteiger partial charge in [-0.2, -0.15) is 0 Å². The summed E-state index contributed by atoms with van der Waals surface area (Å²) in [6, 6.07) is 0. The number of aliphatic hydroxyl groups excluding tert-OH is 4. The Balaban J connectivity index is 4.09. The highest BCUT2D eigenvalue weighted by Crippen LogP contribution is 2.08. The van der Waals surface area contributed by atoms with Crippen molar-refractivity contribution in [1.82, 2.24) is 4.90 Å². The fourth-order valence-electron chi connectivity index (χ4n) is 1.18. The molecule has 4 N–H and O–H groups in total. The number of aliphatic hydroxyl groups is 4. The first-order valence-corrected chi connectivity index (χ1v) is 4.77. The lowest BCUT2D eigenvalue weighted by molar-refractivity contribution is -0.108. The van der Waals surface area contributed by atoms with Crippen molar-refractivity contribution in [3.05, 3.63) is 0 Å². The lowest BCUT2D eigenvalue weighted by atomic mass is 10.0. The Kier molecular flexibility index (Phi) is 6.22. The number of rotatable bonds is 6. The van der Waals surface area contributed by atoms with Gasteiger partial charge in [0.05, 0.1) is 12.2 Å². The van der Waals surface area contributed by atoms with Crippen LogP contribution in [-0.4, -0.2) is 70.4 Å². The summed E-state index contributed by atoms with van der Waals surface area (Å²) in [6.07, 6.45) is -4.32. The van der Waals surface area contributed by atoms with Gasteiger partial charge in [0.15, 0.2) is 0 Å². The maximum absolute atomic E-state index is 9.45. The normalized spacial score (nSPS) is 20.6. The Labute approximate surface area is 84.6 Å². The van der Waals surface area contributed by atoms with Crippen molar-refractivity contribution in [2.75, 3.05) is 20.6 Å². The predicted octanol–water partition coefficient (Wildman–Crippen LogP) is -1.60. The van der Waals surface area contributed by atoms with E-state index in [0.717, 1.165) is 0 Å². The minimum Gasteiger partial charge on any atom is -0.390 e. The Morgan fingerprint density at radius 2 is 1.36 bits per heavy atom. The molecule has 86 valence electrons. The minimum atomic E-state index is -1.31. The Morgan fingerprint density at radius 1 is 0.929 bits per heavy atom. The van der Waals surface area contributed by atoms with E-state index in [1.165, 1.54) is 0 Å². The van der Waals surface area contributed by atoms with Crippen molar-refractivity contribution in [2.45, 2.75) is 37.8 Å². The van der Waals surface area contributed by atoms with Crippen molar-refractivity contribution < 1.29 is 20.4 Å². The Bertz CT molecular complexity index is 154. The van der Waals surface area contributed by atoms with Crippen molar-refractivity contribution >= 4 is 0 Å². The average Bonchev–Trinajstić information content (AvgIpc) is 2.13. The fraction of sp³-hybridized carbons (Fsp3) is 1.00. The van der Waals surface area contributed by atoms with Gasteiger partial charge in [-0.25, -0.2) is 0 Å². The first-order chi connectivity index (χ1) is 6.40. The highest BCUT2D eigenvalue weighted by atomic mass is 16.4. The lowest BCUT2D eigenvalue weighted by Crippen LogP contribution is -2.47. The van der Waals surface area contributed by atoms with Gasteiger partial charge in [0.1, 0.15) is 12.2 Å². The molecule has 0 spiro atoms. The standard InChI is InChI=1S/C9H21NO4/c1-4-6(11)8(13)9(14)7(12)5-10(2)3/h6-9,11-14H,4-5H2,1-3H3. The van der Waals surface area contributed by atoms with Crippen molar-refractivity contribution in [1.29, 1.82) is 0 Å². The monoisotopic (exact) mass is 207 g/mol. The largest absolute Gasteiger partial charge is 0.390 e. The predicted molar refractivity (Wildman–Crippen MR) is 52.9 cm³/mol. The molecule has 14 heavy (non-hydrogen) atoms. The van der Waals surface area contributed by atoms with E-state index < -0.39 is 24.4 Å². The minimum absolute atomic E-state index is 0.245. The van der Waals surface area contributed by atoms with E-state index in [9.17, 15) is 20.4 Å². The van der Waals surface area contributed by atoms with E-state index in [2.05, 4.69) is 0 Å². The summed E-state index contributed by atoms with van der Waals surface area (Å²) in [5, 5.41) is 37.5. The van der Waals surface area contributed by atoms with Crippen molar-refractivity contribution in [3.8, 4) is 0 Å². The maximum atomic E-state index is 9.45. The first kappa shape index (κ1) is 13.8. The van der Waals surface area contributed by atoms with Crippen LogP contribution in [0.2, 0.25) is 0 Å². The molecule has 0 rings (SSSR count). The SMILES string of the molecule is CCC(O)C(O)C(O)C(O)CN(C)C. The van der Waals surface area contributed by atoms with Crippen LogP contribution in [-0.2, 0) is 0 Å². The van der Waals surface area contributed by atoms with Gasteiger partial charge in [-0.3, -0.25) is 0 Å². The lowest BCUT2D eigenvalue weighted by Gasteiger charge is -2.27. The van der Waals surface area contributed by atoms with Gasteiger partial charge in [-0.1, -0.05) is 6.92 Å².